The lowest BCUT2D eigenvalue weighted by atomic mass is 9.74. The van der Waals surface area contributed by atoms with Gasteiger partial charge < -0.3 is 15.2 Å². The van der Waals surface area contributed by atoms with E-state index in [2.05, 4.69) is 10.3 Å². The van der Waals surface area contributed by atoms with Crippen LogP contribution in [0.1, 0.15) is 37.1 Å². The molecule has 3 aromatic rings. The Bertz CT molecular complexity index is 1190. The number of aryl methyl sites for hydroxylation is 1. The van der Waals surface area contributed by atoms with Crippen molar-refractivity contribution in [3.63, 3.8) is 0 Å². The van der Waals surface area contributed by atoms with Crippen LogP contribution in [-0.2, 0) is 11.8 Å². The first-order valence-corrected chi connectivity index (χ1v) is 10.7. The summed E-state index contributed by atoms with van der Waals surface area (Å²) in [5.74, 6) is -0.119. The summed E-state index contributed by atoms with van der Waals surface area (Å²) in [7, 11) is 0. The van der Waals surface area contributed by atoms with Crippen LogP contribution in [0.5, 0.6) is 5.75 Å². The van der Waals surface area contributed by atoms with E-state index in [1.165, 1.54) is 12.1 Å². The molecule has 0 spiro atoms. The molecule has 4 nitrogen and oxygen atoms in total. The third-order valence-corrected chi connectivity index (χ3v) is 6.21. The van der Waals surface area contributed by atoms with Gasteiger partial charge in [-0.15, -0.1) is 0 Å². The second kappa shape index (κ2) is 8.17. The minimum absolute atomic E-state index is 0.324. The first-order valence-electron chi connectivity index (χ1n) is 10.7. The topological polar surface area (TPSA) is 54.4 Å². The van der Waals surface area contributed by atoms with Crippen molar-refractivity contribution >= 4 is 16.5 Å². The molecular formula is C25H26F4N2O2. The third-order valence-electron chi connectivity index (χ3n) is 6.21. The molecule has 33 heavy (non-hydrogen) atoms. The van der Waals surface area contributed by atoms with Crippen LogP contribution in [0.4, 0.5) is 23.2 Å². The summed E-state index contributed by atoms with van der Waals surface area (Å²) in [5, 5.41) is 15.2. The van der Waals surface area contributed by atoms with Crippen LogP contribution in [0.3, 0.4) is 0 Å². The molecule has 1 aliphatic rings. The van der Waals surface area contributed by atoms with Crippen molar-refractivity contribution in [1.29, 1.82) is 0 Å². The molecule has 8 heteroatoms. The highest BCUT2D eigenvalue weighted by molar-refractivity contribution is 5.93. The number of anilines is 1. The molecule has 2 heterocycles. The Hall–Kier alpha value is -2.87. The van der Waals surface area contributed by atoms with Crippen LogP contribution < -0.4 is 10.1 Å². The molecule has 0 radical (unpaired) electrons. The number of pyridine rings is 1. The summed E-state index contributed by atoms with van der Waals surface area (Å²) in [4.78, 5) is 4.21. The average Bonchev–Trinajstić information content (AvgIpc) is 3.18. The standard InChI is InChI=1S/C25H26F4N2O2/c1-15-9-19-17(12-30-15)5-4-6-21(19)31-14-24(32,25(27,28)29)13-23(2,3)20-11-18(26)10-16-7-8-33-22(16)20/h4-6,9-12,31-32H,7-8,13-14H2,1-3H3/t24-/m0/s1. The number of aliphatic hydroxyl groups is 1. The Morgan fingerprint density at radius 2 is 1.91 bits per heavy atom. The SMILES string of the molecule is Cc1cc2c(NC[C@@](O)(CC(C)(C)c3cc(F)cc4c3OCC4)C(F)(F)F)cccc2cn1. The molecule has 0 saturated heterocycles. The highest BCUT2D eigenvalue weighted by atomic mass is 19.4. The molecule has 0 amide bonds. The Morgan fingerprint density at radius 1 is 1.15 bits per heavy atom. The normalized spacial score (nSPS) is 15.8. The van der Waals surface area contributed by atoms with Crippen molar-refractivity contribution in [2.75, 3.05) is 18.5 Å². The van der Waals surface area contributed by atoms with Crippen LogP contribution >= 0.6 is 0 Å². The van der Waals surface area contributed by atoms with E-state index in [-0.39, 0.29) is 0 Å². The lowest BCUT2D eigenvalue weighted by molar-refractivity contribution is -0.260. The van der Waals surface area contributed by atoms with Crippen LogP contribution in [0, 0.1) is 12.7 Å². The summed E-state index contributed by atoms with van der Waals surface area (Å²) in [5.41, 5.74) is -2.14. The maximum atomic E-state index is 14.2. The fourth-order valence-electron chi connectivity index (χ4n) is 4.53. The molecule has 0 aliphatic carbocycles. The van der Waals surface area contributed by atoms with Gasteiger partial charge in [0.1, 0.15) is 11.6 Å². The third kappa shape index (κ3) is 4.49. The monoisotopic (exact) mass is 462 g/mol. The van der Waals surface area contributed by atoms with Gasteiger partial charge in [-0.25, -0.2) is 4.39 Å². The maximum absolute atomic E-state index is 14.2. The van der Waals surface area contributed by atoms with Crippen molar-refractivity contribution in [1.82, 2.24) is 4.98 Å². The van der Waals surface area contributed by atoms with Crippen LogP contribution in [0.15, 0.2) is 42.6 Å². The lowest BCUT2D eigenvalue weighted by Crippen LogP contribution is -2.53. The smallest absolute Gasteiger partial charge is 0.418 e. The van der Waals surface area contributed by atoms with Gasteiger partial charge in [-0.05, 0) is 43.0 Å². The minimum Gasteiger partial charge on any atom is -0.493 e. The molecule has 0 bridgehead atoms. The highest BCUT2D eigenvalue weighted by Gasteiger charge is 2.56. The lowest BCUT2D eigenvalue weighted by Gasteiger charge is -2.38. The van der Waals surface area contributed by atoms with Crippen LogP contribution in [0.25, 0.3) is 10.8 Å². The molecule has 0 fully saturated rings. The molecule has 2 aromatic carbocycles. The number of nitrogens with one attached hydrogen (secondary N) is 1. The second-order valence-electron chi connectivity index (χ2n) is 9.34. The van der Waals surface area contributed by atoms with Gasteiger partial charge in [0.2, 0.25) is 0 Å². The van der Waals surface area contributed by atoms with E-state index in [0.717, 1.165) is 11.1 Å². The van der Waals surface area contributed by atoms with Gasteiger partial charge in [-0.2, -0.15) is 13.2 Å². The van der Waals surface area contributed by atoms with Gasteiger partial charge >= 0.3 is 6.18 Å². The molecule has 176 valence electrons. The molecule has 1 atom stereocenters. The Morgan fingerprint density at radius 3 is 2.64 bits per heavy atom. The van der Waals surface area contributed by atoms with E-state index in [9.17, 15) is 22.7 Å². The fraction of sp³-hybridized carbons (Fsp3) is 0.400. The van der Waals surface area contributed by atoms with Crippen molar-refractivity contribution in [3.8, 4) is 5.75 Å². The van der Waals surface area contributed by atoms with E-state index >= 15 is 0 Å². The first kappa shape index (κ1) is 23.3. The molecule has 1 aliphatic heterocycles. The van der Waals surface area contributed by atoms with E-state index in [1.807, 2.05) is 6.07 Å². The number of ether oxygens (including phenoxy) is 1. The predicted octanol–water partition coefficient (Wildman–Crippen LogP) is 5.69. The van der Waals surface area contributed by atoms with Crippen molar-refractivity contribution < 1.29 is 27.4 Å². The van der Waals surface area contributed by atoms with E-state index < -0.39 is 36.0 Å². The summed E-state index contributed by atoms with van der Waals surface area (Å²) >= 11 is 0. The van der Waals surface area contributed by atoms with Crippen molar-refractivity contribution in [3.05, 3.63) is 65.2 Å². The van der Waals surface area contributed by atoms with Gasteiger partial charge in [0.05, 0.1) is 13.2 Å². The van der Waals surface area contributed by atoms with Crippen molar-refractivity contribution in [2.45, 2.75) is 50.8 Å². The molecular weight excluding hydrogens is 436 g/mol. The Kier molecular flexibility index (Phi) is 5.76. The molecule has 0 unspecified atom stereocenters. The summed E-state index contributed by atoms with van der Waals surface area (Å²) in [6, 6.07) is 9.52. The number of fused-ring (bicyclic) bond motifs is 2. The van der Waals surface area contributed by atoms with Crippen molar-refractivity contribution in [2.24, 2.45) is 0 Å². The number of aromatic nitrogens is 1. The van der Waals surface area contributed by atoms with Crippen LogP contribution in [-0.4, -0.2) is 35.0 Å². The van der Waals surface area contributed by atoms with Gasteiger partial charge in [0, 0.05) is 45.9 Å². The number of benzene rings is 2. The Labute approximate surface area is 189 Å². The number of hydrogen-bond donors (Lipinski definition) is 2. The number of hydrogen-bond acceptors (Lipinski definition) is 4. The molecule has 4 rings (SSSR count). The van der Waals surface area contributed by atoms with Gasteiger partial charge in [0.15, 0.2) is 5.60 Å². The quantitative estimate of drug-likeness (QED) is 0.462. The minimum atomic E-state index is -4.92. The summed E-state index contributed by atoms with van der Waals surface area (Å²) in [6.45, 7) is 4.51. The molecule has 1 aromatic heterocycles. The maximum Gasteiger partial charge on any atom is 0.418 e. The average molecular weight is 462 g/mol. The summed E-state index contributed by atoms with van der Waals surface area (Å²) < 4.78 is 62.4. The summed E-state index contributed by atoms with van der Waals surface area (Å²) in [6.07, 6.45) is -3.45. The number of nitrogens with zero attached hydrogens (tertiary/aromatic N) is 1. The molecule has 0 saturated carbocycles. The number of rotatable bonds is 6. The zero-order valence-corrected chi connectivity index (χ0v) is 18.7. The first-order chi connectivity index (χ1) is 15.4. The van der Waals surface area contributed by atoms with Gasteiger partial charge in [0.25, 0.3) is 0 Å². The zero-order chi connectivity index (χ0) is 24.0. The second-order valence-corrected chi connectivity index (χ2v) is 9.34. The largest absolute Gasteiger partial charge is 0.493 e. The Balaban J connectivity index is 1.66. The van der Waals surface area contributed by atoms with Gasteiger partial charge in [-0.3, -0.25) is 4.98 Å². The van der Waals surface area contributed by atoms with Gasteiger partial charge in [-0.1, -0.05) is 26.0 Å². The van der Waals surface area contributed by atoms with E-state index in [4.69, 9.17) is 4.74 Å². The zero-order valence-electron chi connectivity index (χ0n) is 18.7. The predicted molar refractivity (Wildman–Crippen MR) is 119 cm³/mol. The number of alkyl halides is 3. The van der Waals surface area contributed by atoms with E-state index in [0.29, 0.717) is 41.0 Å². The van der Waals surface area contributed by atoms with Crippen LogP contribution in [0.2, 0.25) is 0 Å². The van der Waals surface area contributed by atoms with E-state index in [1.54, 1.807) is 45.2 Å². The highest BCUT2D eigenvalue weighted by Crippen LogP contribution is 2.46. The number of halogens is 4. The fourth-order valence-corrected chi connectivity index (χ4v) is 4.53. The molecule has 2 N–H and O–H groups in total.